The van der Waals surface area contributed by atoms with Crippen LogP contribution >= 0.6 is 34.4 Å². The second-order valence-corrected chi connectivity index (χ2v) is 4.17. The number of aldehydes is 1. The van der Waals surface area contributed by atoms with E-state index in [9.17, 15) is 9.18 Å². The summed E-state index contributed by atoms with van der Waals surface area (Å²) in [6.07, 6.45) is 2.43. The van der Waals surface area contributed by atoms with Crippen LogP contribution in [-0.2, 0) is 0 Å². The second-order valence-electron chi connectivity index (χ2n) is 2.13. The SMILES string of the molecule is CSc1cc(I)c(F)c(C=O)c1. The first-order valence-corrected chi connectivity index (χ1v) is 5.47. The molecule has 1 aromatic rings. The summed E-state index contributed by atoms with van der Waals surface area (Å²) in [6, 6.07) is 3.27. The van der Waals surface area contributed by atoms with Crippen LogP contribution in [0.3, 0.4) is 0 Å². The molecular formula is C8H6FIOS. The summed E-state index contributed by atoms with van der Waals surface area (Å²) in [5.74, 6) is -0.427. The number of rotatable bonds is 2. The van der Waals surface area contributed by atoms with Crippen LogP contribution in [0.25, 0.3) is 0 Å². The van der Waals surface area contributed by atoms with Crippen LogP contribution in [0.4, 0.5) is 4.39 Å². The Morgan fingerprint density at radius 2 is 2.25 bits per heavy atom. The number of hydrogen-bond donors (Lipinski definition) is 0. The fraction of sp³-hybridized carbons (Fsp3) is 0.125. The molecule has 0 saturated carbocycles. The zero-order valence-corrected chi connectivity index (χ0v) is 9.28. The fourth-order valence-corrected chi connectivity index (χ4v) is 2.13. The molecule has 0 fully saturated rings. The van der Waals surface area contributed by atoms with Crippen molar-refractivity contribution in [2.24, 2.45) is 0 Å². The van der Waals surface area contributed by atoms with Crippen molar-refractivity contribution in [1.29, 1.82) is 0 Å². The number of hydrogen-bond acceptors (Lipinski definition) is 2. The molecule has 0 aliphatic carbocycles. The van der Waals surface area contributed by atoms with Gasteiger partial charge in [0.05, 0.1) is 9.13 Å². The molecule has 1 aromatic carbocycles. The van der Waals surface area contributed by atoms with Crippen molar-refractivity contribution < 1.29 is 9.18 Å². The smallest absolute Gasteiger partial charge is 0.153 e. The van der Waals surface area contributed by atoms with Gasteiger partial charge >= 0.3 is 0 Å². The van der Waals surface area contributed by atoms with Gasteiger partial charge in [-0.25, -0.2) is 4.39 Å². The number of halogens is 2. The van der Waals surface area contributed by atoms with E-state index in [1.165, 1.54) is 11.8 Å². The van der Waals surface area contributed by atoms with Gasteiger partial charge in [-0.05, 0) is 41.0 Å². The van der Waals surface area contributed by atoms with E-state index in [2.05, 4.69) is 0 Å². The predicted molar refractivity (Wildman–Crippen MR) is 56.3 cm³/mol. The van der Waals surface area contributed by atoms with E-state index < -0.39 is 5.82 Å². The highest BCUT2D eigenvalue weighted by Crippen LogP contribution is 2.22. The maximum absolute atomic E-state index is 13.1. The summed E-state index contributed by atoms with van der Waals surface area (Å²) < 4.78 is 13.6. The van der Waals surface area contributed by atoms with Gasteiger partial charge in [0.2, 0.25) is 0 Å². The molecule has 0 heterocycles. The van der Waals surface area contributed by atoms with Crippen molar-refractivity contribution in [3.05, 3.63) is 27.1 Å². The van der Waals surface area contributed by atoms with Gasteiger partial charge in [-0.2, -0.15) is 0 Å². The molecule has 0 atom stereocenters. The molecule has 12 heavy (non-hydrogen) atoms. The monoisotopic (exact) mass is 296 g/mol. The molecule has 0 N–H and O–H groups in total. The molecule has 0 aliphatic heterocycles. The van der Waals surface area contributed by atoms with Crippen molar-refractivity contribution in [2.45, 2.75) is 4.90 Å². The van der Waals surface area contributed by atoms with Gasteiger partial charge in [0, 0.05) is 4.90 Å². The van der Waals surface area contributed by atoms with E-state index >= 15 is 0 Å². The molecular weight excluding hydrogens is 290 g/mol. The number of thioether (sulfide) groups is 1. The highest BCUT2D eigenvalue weighted by molar-refractivity contribution is 14.1. The Hall–Kier alpha value is -0.100. The third kappa shape index (κ3) is 1.98. The van der Waals surface area contributed by atoms with Crippen LogP contribution in [0.2, 0.25) is 0 Å². The van der Waals surface area contributed by atoms with E-state index in [1.807, 2.05) is 28.8 Å². The highest BCUT2D eigenvalue weighted by atomic mass is 127. The number of carbonyl (C=O) groups excluding carboxylic acids is 1. The third-order valence-corrected chi connectivity index (χ3v) is 2.88. The summed E-state index contributed by atoms with van der Waals surface area (Å²) in [7, 11) is 0. The molecule has 0 radical (unpaired) electrons. The third-order valence-electron chi connectivity index (χ3n) is 1.39. The quantitative estimate of drug-likeness (QED) is 0.474. The molecule has 0 aromatic heterocycles. The van der Waals surface area contributed by atoms with E-state index in [-0.39, 0.29) is 5.56 Å². The van der Waals surface area contributed by atoms with Gasteiger partial charge in [0.15, 0.2) is 6.29 Å². The van der Waals surface area contributed by atoms with Crippen LogP contribution in [0.15, 0.2) is 17.0 Å². The fourth-order valence-electron chi connectivity index (χ4n) is 0.788. The van der Waals surface area contributed by atoms with Crippen molar-refractivity contribution in [1.82, 2.24) is 0 Å². The van der Waals surface area contributed by atoms with Crippen molar-refractivity contribution in [3.8, 4) is 0 Å². The van der Waals surface area contributed by atoms with Crippen molar-refractivity contribution >= 4 is 40.6 Å². The zero-order valence-electron chi connectivity index (χ0n) is 6.30. The molecule has 4 heteroatoms. The standard InChI is InChI=1S/C8H6FIOS/c1-12-6-2-5(4-11)8(9)7(10)3-6/h2-4H,1H3. The molecule has 0 saturated heterocycles. The van der Waals surface area contributed by atoms with Crippen molar-refractivity contribution in [2.75, 3.05) is 6.26 Å². The Labute approximate surface area is 87.9 Å². The van der Waals surface area contributed by atoms with E-state index in [0.29, 0.717) is 9.86 Å². The minimum absolute atomic E-state index is 0.131. The largest absolute Gasteiger partial charge is 0.298 e. The molecule has 0 spiro atoms. The Morgan fingerprint density at radius 3 is 2.75 bits per heavy atom. The molecule has 0 bridgehead atoms. The van der Waals surface area contributed by atoms with E-state index in [4.69, 9.17) is 0 Å². The van der Waals surface area contributed by atoms with Gasteiger partial charge in [-0.1, -0.05) is 0 Å². The zero-order chi connectivity index (χ0) is 9.14. The maximum atomic E-state index is 13.1. The predicted octanol–water partition coefficient (Wildman–Crippen LogP) is 2.96. The first-order valence-electron chi connectivity index (χ1n) is 3.17. The molecule has 64 valence electrons. The van der Waals surface area contributed by atoms with Gasteiger partial charge in [-0.3, -0.25) is 4.79 Å². The molecule has 0 aliphatic rings. The maximum Gasteiger partial charge on any atom is 0.153 e. The molecule has 1 nitrogen and oxygen atoms in total. The molecule has 0 unspecified atom stereocenters. The summed E-state index contributed by atoms with van der Waals surface area (Å²) in [5, 5.41) is 0. The first-order chi connectivity index (χ1) is 5.69. The van der Waals surface area contributed by atoms with Crippen LogP contribution in [0.5, 0.6) is 0 Å². The summed E-state index contributed by atoms with van der Waals surface area (Å²) in [6.45, 7) is 0. The number of benzene rings is 1. The average Bonchev–Trinajstić information content (AvgIpc) is 2.09. The van der Waals surface area contributed by atoms with Crippen molar-refractivity contribution in [3.63, 3.8) is 0 Å². The summed E-state index contributed by atoms with van der Waals surface area (Å²) >= 11 is 3.37. The topological polar surface area (TPSA) is 17.1 Å². The lowest BCUT2D eigenvalue weighted by Crippen LogP contribution is -1.91. The van der Waals surface area contributed by atoms with E-state index in [0.717, 1.165) is 4.90 Å². The Kier molecular flexibility index (Phi) is 3.52. The average molecular weight is 296 g/mol. The Balaban J connectivity index is 3.28. The van der Waals surface area contributed by atoms with Gasteiger partial charge in [-0.15, -0.1) is 11.8 Å². The Morgan fingerprint density at radius 1 is 1.58 bits per heavy atom. The minimum atomic E-state index is -0.427. The van der Waals surface area contributed by atoms with Crippen LogP contribution in [0, 0.1) is 9.39 Å². The normalized spacial score (nSPS) is 9.92. The molecule has 0 amide bonds. The molecule has 1 rings (SSSR count). The summed E-state index contributed by atoms with van der Waals surface area (Å²) in [4.78, 5) is 11.3. The minimum Gasteiger partial charge on any atom is -0.298 e. The lowest BCUT2D eigenvalue weighted by Gasteiger charge is -2.01. The second kappa shape index (κ2) is 4.23. The Bertz CT molecular complexity index is 314. The number of carbonyl (C=O) groups is 1. The summed E-state index contributed by atoms with van der Waals surface area (Å²) in [5.41, 5.74) is 0.131. The van der Waals surface area contributed by atoms with Gasteiger partial charge in [0.25, 0.3) is 0 Å². The van der Waals surface area contributed by atoms with Gasteiger partial charge < -0.3 is 0 Å². The lowest BCUT2D eigenvalue weighted by molar-refractivity contribution is 0.111. The first kappa shape index (κ1) is 9.98. The van der Waals surface area contributed by atoms with Crippen LogP contribution in [0.1, 0.15) is 10.4 Å². The highest BCUT2D eigenvalue weighted by Gasteiger charge is 2.07. The van der Waals surface area contributed by atoms with Crippen LogP contribution < -0.4 is 0 Å². The van der Waals surface area contributed by atoms with E-state index in [1.54, 1.807) is 12.1 Å². The lowest BCUT2D eigenvalue weighted by atomic mass is 10.2. The van der Waals surface area contributed by atoms with Gasteiger partial charge in [0.1, 0.15) is 5.82 Å². The van der Waals surface area contributed by atoms with Crippen LogP contribution in [-0.4, -0.2) is 12.5 Å².